The van der Waals surface area contributed by atoms with Crippen molar-refractivity contribution in [1.29, 1.82) is 0 Å². The molecule has 92 valence electrons. The van der Waals surface area contributed by atoms with Crippen molar-refractivity contribution in [2.75, 3.05) is 5.32 Å². The van der Waals surface area contributed by atoms with E-state index in [2.05, 4.69) is 10.3 Å². The van der Waals surface area contributed by atoms with E-state index in [9.17, 15) is 0 Å². The molecule has 18 heavy (non-hydrogen) atoms. The summed E-state index contributed by atoms with van der Waals surface area (Å²) >= 11 is 4.99. The second-order valence-electron chi connectivity index (χ2n) is 4.16. The molecule has 0 saturated heterocycles. The SMILES string of the molecule is Cc1cc(Nc2cccnc2C)ccc1C(N)=S. The first kappa shape index (κ1) is 12.5. The first-order chi connectivity index (χ1) is 8.58. The third-order valence-electron chi connectivity index (χ3n) is 2.78. The molecule has 2 aromatic rings. The van der Waals surface area contributed by atoms with Crippen molar-refractivity contribution < 1.29 is 0 Å². The Morgan fingerprint density at radius 3 is 2.67 bits per heavy atom. The third-order valence-corrected chi connectivity index (χ3v) is 3.00. The molecule has 3 N–H and O–H groups in total. The lowest BCUT2D eigenvalue weighted by atomic mass is 10.1. The van der Waals surface area contributed by atoms with E-state index in [1.54, 1.807) is 6.20 Å². The lowest BCUT2D eigenvalue weighted by Gasteiger charge is -2.11. The molecule has 0 amide bonds. The van der Waals surface area contributed by atoms with Gasteiger partial charge in [-0.2, -0.15) is 0 Å². The quantitative estimate of drug-likeness (QED) is 0.830. The van der Waals surface area contributed by atoms with Crippen LogP contribution in [-0.4, -0.2) is 9.97 Å². The van der Waals surface area contributed by atoms with Gasteiger partial charge in [-0.05, 0) is 49.7 Å². The molecule has 0 aliphatic heterocycles. The second-order valence-corrected chi connectivity index (χ2v) is 4.60. The van der Waals surface area contributed by atoms with Crippen LogP contribution >= 0.6 is 12.2 Å². The Morgan fingerprint density at radius 1 is 1.28 bits per heavy atom. The van der Waals surface area contributed by atoms with Gasteiger partial charge in [0.05, 0.1) is 11.4 Å². The van der Waals surface area contributed by atoms with Crippen molar-refractivity contribution in [1.82, 2.24) is 4.98 Å². The Hall–Kier alpha value is -1.94. The van der Waals surface area contributed by atoms with E-state index in [1.807, 2.05) is 44.2 Å². The molecule has 0 aliphatic rings. The lowest BCUT2D eigenvalue weighted by Crippen LogP contribution is -2.11. The average Bonchev–Trinajstić information content (AvgIpc) is 2.32. The zero-order valence-corrected chi connectivity index (χ0v) is 11.2. The molecule has 1 heterocycles. The maximum absolute atomic E-state index is 5.64. The number of nitrogens with zero attached hydrogens (tertiary/aromatic N) is 1. The third kappa shape index (κ3) is 2.65. The van der Waals surface area contributed by atoms with Crippen molar-refractivity contribution >= 4 is 28.6 Å². The van der Waals surface area contributed by atoms with Crippen LogP contribution in [0, 0.1) is 13.8 Å². The van der Waals surface area contributed by atoms with Crippen molar-refractivity contribution in [3.05, 3.63) is 53.3 Å². The highest BCUT2D eigenvalue weighted by Crippen LogP contribution is 2.21. The smallest absolute Gasteiger partial charge is 0.104 e. The predicted molar refractivity (Wildman–Crippen MR) is 79.3 cm³/mol. The van der Waals surface area contributed by atoms with Gasteiger partial charge < -0.3 is 11.1 Å². The summed E-state index contributed by atoms with van der Waals surface area (Å²) in [7, 11) is 0. The van der Waals surface area contributed by atoms with Crippen LogP contribution in [0.2, 0.25) is 0 Å². The monoisotopic (exact) mass is 257 g/mol. The Bertz CT molecular complexity index is 593. The van der Waals surface area contributed by atoms with Crippen LogP contribution in [0.3, 0.4) is 0 Å². The van der Waals surface area contributed by atoms with Crippen LogP contribution in [0.1, 0.15) is 16.8 Å². The van der Waals surface area contributed by atoms with Gasteiger partial charge in [0.15, 0.2) is 0 Å². The number of rotatable bonds is 3. The van der Waals surface area contributed by atoms with Gasteiger partial charge in [0, 0.05) is 17.4 Å². The molecule has 0 spiro atoms. The summed E-state index contributed by atoms with van der Waals surface area (Å²) in [5, 5.41) is 3.33. The fraction of sp³-hybridized carbons (Fsp3) is 0.143. The van der Waals surface area contributed by atoms with Gasteiger partial charge in [0.25, 0.3) is 0 Å². The number of hydrogen-bond donors (Lipinski definition) is 2. The topological polar surface area (TPSA) is 50.9 Å². The summed E-state index contributed by atoms with van der Waals surface area (Å²) in [5.74, 6) is 0. The molecule has 1 aromatic carbocycles. The van der Waals surface area contributed by atoms with Crippen LogP contribution < -0.4 is 11.1 Å². The fourth-order valence-electron chi connectivity index (χ4n) is 1.79. The Balaban J connectivity index is 2.29. The molecule has 0 saturated carbocycles. The number of aryl methyl sites for hydroxylation is 2. The summed E-state index contributed by atoms with van der Waals surface area (Å²) in [6.07, 6.45) is 1.78. The summed E-state index contributed by atoms with van der Waals surface area (Å²) in [6.45, 7) is 3.97. The minimum Gasteiger partial charge on any atom is -0.389 e. The predicted octanol–water partition coefficient (Wildman–Crippen LogP) is 3.08. The lowest BCUT2D eigenvalue weighted by molar-refractivity contribution is 1.20. The second kappa shape index (κ2) is 5.14. The van der Waals surface area contributed by atoms with Crippen molar-refractivity contribution in [2.45, 2.75) is 13.8 Å². The summed E-state index contributed by atoms with van der Waals surface area (Å²) in [6, 6.07) is 9.84. The van der Waals surface area contributed by atoms with E-state index in [0.29, 0.717) is 4.99 Å². The molecule has 0 unspecified atom stereocenters. The number of benzene rings is 1. The van der Waals surface area contributed by atoms with Crippen molar-refractivity contribution in [3.63, 3.8) is 0 Å². The van der Waals surface area contributed by atoms with E-state index < -0.39 is 0 Å². The number of nitrogens with two attached hydrogens (primary N) is 1. The molecule has 0 radical (unpaired) electrons. The van der Waals surface area contributed by atoms with Crippen molar-refractivity contribution in [3.8, 4) is 0 Å². The number of pyridine rings is 1. The standard InChI is InChI=1S/C14H15N3S/c1-9-8-11(5-6-12(9)14(15)18)17-13-4-3-7-16-10(13)2/h3-8,17H,1-2H3,(H2,15,18). The number of aromatic nitrogens is 1. The zero-order valence-electron chi connectivity index (χ0n) is 10.4. The Labute approximate surface area is 112 Å². The summed E-state index contributed by atoms with van der Waals surface area (Å²) in [5.41, 5.74) is 10.6. The highest BCUT2D eigenvalue weighted by molar-refractivity contribution is 7.80. The van der Waals surface area contributed by atoms with Gasteiger partial charge in [-0.25, -0.2) is 0 Å². The largest absolute Gasteiger partial charge is 0.389 e. The van der Waals surface area contributed by atoms with Gasteiger partial charge in [0.2, 0.25) is 0 Å². The highest BCUT2D eigenvalue weighted by Gasteiger charge is 2.04. The normalized spacial score (nSPS) is 10.1. The first-order valence-corrected chi connectivity index (χ1v) is 6.08. The van der Waals surface area contributed by atoms with Crippen LogP contribution in [-0.2, 0) is 0 Å². The molecular weight excluding hydrogens is 242 g/mol. The summed E-state index contributed by atoms with van der Waals surface area (Å²) < 4.78 is 0. The van der Waals surface area contributed by atoms with E-state index in [4.69, 9.17) is 18.0 Å². The maximum Gasteiger partial charge on any atom is 0.104 e. The number of hydrogen-bond acceptors (Lipinski definition) is 3. The summed E-state index contributed by atoms with van der Waals surface area (Å²) in [4.78, 5) is 4.67. The average molecular weight is 257 g/mol. The van der Waals surface area contributed by atoms with E-state index in [1.165, 1.54) is 0 Å². The number of anilines is 2. The first-order valence-electron chi connectivity index (χ1n) is 5.67. The van der Waals surface area contributed by atoms with Crippen LogP contribution in [0.15, 0.2) is 36.5 Å². The minimum absolute atomic E-state index is 0.427. The number of nitrogens with one attached hydrogen (secondary N) is 1. The van der Waals surface area contributed by atoms with E-state index >= 15 is 0 Å². The van der Waals surface area contributed by atoms with Gasteiger partial charge in [-0.3, -0.25) is 4.98 Å². The molecule has 1 aromatic heterocycles. The van der Waals surface area contributed by atoms with Gasteiger partial charge in [-0.1, -0.05) is 12.2 Å². The molecule has 2 rings (SSSR count). The zero-order chi connectivity index (χ0) is 13.1. The van der Waals surface area contributed by atoms with E-state index in [0.717, 1.165) is 28.2 Å². The van der Waals surface area contributed by atoms with Gasteiger partial charge in [0.1, 0.15) is 4.99 Å². The number of thiocarbonyl (C=S) groups is 1. The van der Waals surface area contributed by atoms with Gasteiger partial charge in [-0.15, -0.1) is 0 Å². The molecular formula is C14H15N3S. The molecule has 0 bridgehead atoms. The van der Waals surface area contributed by atoms with Gasteiger partial charge >= 0.3 is 0 Å². The fourth-order valence-corrected chi connectivity index (χ4v) is 2.02. The molecule has 4 heteroatoms. The Kier molecular flexibility index (Phi) is 3.58. The molecule has 3 nitrogen and oxygen atoms in total. The Morgan fingerprint density at radius 2 is 2.06 bits per heavy atom. The van der Waals surface area contributed by atoms with Crippen LogP contribution in [0.4, 0.5) is 11.4 Å². The maximum atomic E-state index is 5.64. The molecule has 0 fully saturated rings. The molecule has 0 atom stereocenters. The highest BCUT2D eigenvalue weighted by atomic mass is 32.1. The van der Waals surface area contributed by atoms with Crippen LogP contribution in [0.25, 0.3) is 0 Å². The van der Waals surface area contributed by atoms with E-state index in [-0.39, 0.29) is 0 Å². The molecule has 0 aliphatic carbocycles. The van der Waals surface area contributed by atoms with Crippen molar-refractivity contribution in [2.24, 2.45) is 5.73 Å². The van der Waals surface area contributed by atoms with Crippen LogP contribution in [0.5, 0.6) is 0 Å². The minimum atomic E-state index is 0.427.